The van der Waals surface area contributed by atoms with Gasteiger partial charge < -0.3 is 9.47 Å². The van der Waals surface area contributed by atoms with Crippen molar-refractivity contribution in [3.8, 4) is 5.75 Å². The van der Waals surface area contributed by atoms with Crippen LogP contribution in [0.1, 0.15) is 51.0 Å². The van der Waals surface area contributed by atoms with E-state index in [2.05, 4.69) is 25.1 Å². The SMILES string of the molecule is CCc1cccc(OCC2CCC3(CCCC3)O2)c1. The molecule has 1 aromatic carbocycles. The van der Waals surface area contributed by atoms with E-state index in [4.69, 9.17) is 9.47 Å². The summed E-state index contributed by atoms with van der Waals surface area (Å²) >= 11 is 0. The Kier molecular flexibility index (Phi) is 3.79. The van der Waals surface area contributed by atoms with Gasteiger partial charge in [-0.1, -0.05) is 31.9 Å². The van der Waals surface area contributed by atoms with Crippen molar-refractivity contribution in [2.75, 3.05) is 6.61 Å². The van der Waals surface area contributed by atoms with E-state index in [1.807, 2.05) is 6.07 Å². The van der Waals surface area contributed by atoms with E-state index in [1.165, 1.54) is 37.7 Å². The molecule has 1 aliphatic carbocycles. The molecular formula is C17H24O2. The average Bonchev–Trinajstić information content (AvgIpc) is 3.08. The summed E-state index contributed by atoms with van der Waals surface area (Å²) in [4.78, 5) is 0. The monoisotopic (exact) mass is 260 g/mol. The number of benzene rings is 1. The lowest BCUT2D eigenvalue weighted by molar-refractivity contribution is -0.0508. The van der Waals surface area contributed by atoms with Crippen LogP contribution in [0.5, 0.6) is 5.75 Å². The highest BCUT2D eigenvalue weighted by Crippen LogP contribution is 2.43. The lowest BCUT2D eigenvalue weighted by atomic mass is 9.98. The molecule has 1 spiro atoms. The zero-order valence-corrected chi connectivity index (χ0v) is 11.9. The fraction of sp³-hybridized carbons (Fsp3) is 0.647. The van der Waals surface area contributed by atoms with Crippen molar-refractivity contribution in [1.82, 2.24) is 0 Å². The van der Waals surface area contributed by atoms with E-state index in [-0.39, 0.29) is 5.60 Å². The van der Waals surface area contributed by atoms with Gasteiger partial charge in [-0.3, -0.25) is 0 Å². The van der Waals surface area contributed by atoms with E-state index >= 15 is 0 Å². The summed E-state index contributed by atoms with van der Waals surface area (Å²) < 4.78 is 12.2. The Morgan fingerprint density at radius 2 is 2.11 bits per heavy atom. The number of rotatable bonds is 4. The second kappa shape index (κ2) is 5.54. The minimum atomic E-state index is 0.222. The van der Waals surface area contributed by atoms with Gasteiger partial charge in [-0.2, -0.15) is 0 Å². The first-order chi connectivity index (χ1) is 9.30. The Bertz CT molecular complexity index is 421. The Labute approximate surface area is 116 Å². The number of aryl methyl sites for hydroxylation is 1. The highest BCUT2D eigenvalue weighted by Gasteiger charge is 2.42. The summed E-state index contributed by atoms with van der Waals surface area (Å²) in [5.41, 5.74) is 1.55. The highest BCUT2D eigenvalue weighted by molar-refractivity contribution is 5.28. The largest absolute Gasteiger partial charge is 0.491 e. The Morgan fingerprint density at radius 3 is 2.89 bits per heavy atom. The number of hydrogen-bond acceptors (Lipinski definition) is 2. The number of hydrogen-bond donors (Lipinski definition) is 0. The van der Waals surface area contributed by atoms with Gasteiger partial charge in [0.25, 0.3) is 0 Å². The molecule has 0 amide bonds. The average molecular weight is 260 g/mol. The van der Waals surface area contributed by atoms with E-state index in [0.717, 1.165) is 18.6 Å². The zero-order valence-electron chi connectivity index (χ0n) is 11.9. The van der Waals surface area contributed by atoms with Gasteiger partial charge in [-0.15, -0.1) is 0 Å². The maximum absolute atomic E-state index is 6.26. The van der Waals surface area contributed by atoms with Crippen molar-refractivity contribution in [2.45, 2.75) is 63.6 Å². The van der Waals surface area contributed by atoms with Gasteiger partial charge in [-0.25, -0.2) is 0 Å². The van der Waals surface area contributed by atoms with Crippen molar-refractivity contribution in [3.05, 3.63) is 29.8 Å². The summed E-state index contributed by atoms with van der Waals surface area (Å²) in [6.07, 6.45) is 8.94. The molecule has 1 aromatic rings. The minimum Gasteiger partial charge on any atom is -0.491 e. The van der Waals surface area contributed by atoms with Gasteiger partial charge in [0, 0.05) is 0 Å². The van der Waals surface area contributed by atoms with E-state index < -0.39 is 0 Å². The molecule has 1 unspecified atom stereocenters. The van der Waals surface area contributed by atoms with Crippen molar-refractivity contribution >= 4 is 0 Å². The molecule has 2 aliphatic rings. The van der Waals surface area contributed by atoms with Crippen LogP contribution >= 0.6 is 0 Å². The molecular weight excluding hydrogens is 236 g/mol. The molecule has 2 fully saturated rings. The summed E-state index contributed by atoms with van der Waals surface area (Å²) in [6, 6.07) is 8.40. The standard InChI is InChI=1S/C17H24O2/c1-2-14-6-5-7-15(12-14)18-13-16-8-11-17(19-16)9-3-4-10-17/h5-7,12,16H,2-4,8-11,13H2,1H3. The van der Waals surface area contributed by atoms with Gasteiger partial charge in [0.1, 0.15) is 12.4 Å². The first-order valence-corrected chi connectivity index (χ1v) is 7.69. The fourth-order valence-electron chi connectivity index (χ4n) is 3.44. The summed E-state index contributed by atoms with van der Waals surface area (Å²) in [6.45, 7) is 2.87. The Balaban J connectivity index is 1.52. The third-order valence-electron chi connectivity index (χ3n) is 4.60. The van der Waals surface area contributed by atoms with E-state index in [0.29, 0.717) is 12.7 Å². The van der Waals surface area contributed by atoms with Crippen LogP contribution in [0.15, 0.2) is 24.3 Å². The van der Waals surface area contributed by atoms with Crippen LogP contribution in [0.4, 0.5) is 0 Å². The van der Waals surface area contributed by atoms with Crippen LogP contribution in [0.3, 0.4) is 0 Å². The summed E-state index contributed by atoms with van der Waals surface area (Å²) in [5, 5.41) is 0. The molecule has 1 saturated carbocycles. The molecule has 0 aromatic heterocycles. The molecule has 2 nitrogen and oxygen atoms in total. The van der Waals surface area contributed by atoms with Crippen molar-refractivity contribution in [3.63, 3.8) is 0 Å². The highest BCUT2D eigenvalue weighted by atomic mass is 16.6. The molecule has 1 atom stereocenters. The number of ether oxygens (including phenoxy) is 2. The molecule has 0 N–H and O–H groups in total. The maximum atomic E-state index is 6.26. The molecule has 104 valence electrons. The van der Waals surface area contributed by atoms with Crippen molar-refractivity contribution < 1.29 is 9.47 Å². The predicted molar refractivity (Wildman–Crippen MR) is 76.6 cm³/mol. The van der Waals surface area contributed by atoms with Crippen LogP contribution in [-0.4, -0.2) is 18.3 Å². The van der Waals surface area contributed by atoms with Crippen molar-refractivity contribution in [1.29, 1.82) is 0 Å². The van der Waals surface area contributed by atoms with E-state index in [1.54, 1.807) is 0 Å². The normalized spacial score (nSPS) is 25.0. The molecule has 3 rings (SSSR count). The molecule has 19 heavy (non-hydrogen) atoms. The lowest BCUT2D eigenvalue weighted by Crippen LogP contribution is -2.27. The molecule has 0 bridgehead atoms. The summed E-state index contributed by atoms with van der Waals surface area (Å²) in [5.74, 6) is 0.982. The zero-order chi connectivity index (χ0) is 13.1. The van der Waals surface area contributed by atoms with Crippen LogP contribution in [0.2, 0.25) is 0 Å². The van der Waals surface area contributed by atoms with Gasteiger partial charge in [0.2, 0.25) is 0 Å². The minimum absolute atomic E-state index is 0.222. The van der Waals surface area contributed by atoms with Crippen LogP contribution in [-0.2, 0) is 11.2 Å². The van der Waals surface area contributed by atoms with Gasteiger partial charge in [0.15, 0.2) is 0 Å². The van der Waals surface area contributed by atoms with Crippen LogP contribution < -0.4 is 4.74 Å². The molecule has 1 aliphatic heterocycles. The first kappa shape index (κ1) is 13.0. The predicted octanol–water partition coefficient (Wildman–Crippen LogP) is 4.12. The quantitative estimate of drug-likeness (QED) is 0.810. The van der Waals surface area contributed by atoms with Gasteiger partial charge in [-0.05, 0) is 49.8 Å². The fourth-order valence-corrected chi connectivity index (χ4v) is 3.44. The van der Waals surface area contributed by atoms with Gasteiger partial charge >= 0.3 is 0 Å². The van der Waals surface area contributed by atoms with Crippen molar-refractivity contribution in [2.24, 2.45) is 0 Å². The van der Waals surface area contributed by atoms with Crippen LogP contribution in [0.25, 0.3) is 0 Å². The first-order valence-electron chi connectivity index (χ1n) is 7.69. The summed E-state index contributed by atoms with van der Waals surface area (Å²) in [7, 11) is 0. The second-order valence-electron chi connectivity index (χ2n) is 5.98. The molecule has 0 radical (unpaired) electrons. The lowest BCUT2D eigenvalue weighted by Gasteiger charge is -2.23. The van der Waals surface area contributed by atoms with E-state index in [9.17, 15) is 0 Å². The second-order valence-corrected chi connectivity index (χ2v) is 5.98. The molecule has 2 heteroatoms. The topological polar surface area (TPSA) is 18.5 Å². The molecule has 1 heterocycles. The van der Waals surface area contributed by atoms with Crippen LogP contribution in [0, 0.1) is 0 Å². The maximum Gasteiger partial charge on any atom is 0.119 e. The Morgan fingerprint density at radius 1 is 1.26 bits per heavy atom. The third-order valence-corrected chi connectivity index (χ3v) is 4.60. The third kappa shape index (κ3) is 2.94. The molecule has 1 saturated heterocycles. The smallest absolute Gasteiger partial charge is 0.119 e. The van der Waals surface area contributed by atoms with Gasteiger partial charge in [0.05, 0.1) is 11.7 Å². The Hall–Kier alpha value is -1.02.